The van der Waals surface area contributed by atoms with Crippen LogP contribution in [0, 0.1) is 0 Å². The van der Waals surface area contributed by atoms with Crippen LogP contribution in [0.25, 0.3) is 11.0 Å². The molecule has 2 heterocycles. The van der Waals surface area contributed by atoms with E-state index >= 15 is 0 Å². The van der Waals surface area contributed by atoms with Gasteiger partial charge in [0.05, 0.1) is 12.5 Å². The lowest BCUT2D eigenvalue weighted by atomic mass is 10.1. The fourth-order valence-electron chi connectivity index (χ4n) is 2.32. The average Bonchev–Trinajstić information content (AvgIpc) is 3.14. The van der Waals surface area contributed by atoms with Crippen LogP contribution < -0.4 is 4.72 Å². The van der Waals surface area contributed by atoms with E-state index in [-0.39, 0.29) is 0 Å². The molecule has 0 spiro atoms. The van der Waals surface area contributed by atoms with Gasteiger partial charge in [-0.15, -0.1) is 0 Å². The molecule has 1 atom stereocenters. The second kappa shape index (κ2) is 5.52. The summed E-state index contributed by atoms with van der Waals surface area (Å²) in [6, 6.07) is 6.61. The maximum atomic E-state index is 12.4. The van der Waals surface area contributed by atoms with Gasteiger partial charge in [-0.05, 0) is 13.0 Å². The van der Waals surface area contributed by atoms with E-state index in [0.717, 1.165) is 11.6 Å². The molecule has 0 radical (unpaired) electrons. The van der Waals surface area contributed by atoms with Crippen LogP contribution in [-0.2, 0) is 10.0 Å². The van der Waals surface area contributed by atoms with Crippen LogP contribution >= 0.6 is 0 Å². The highest BCUT2D eigenvalue weighted by Crippen LogP contribution is 2.27. The number of carboxylic acids is 1. The molecule has 0 saturated heterocycles. The number of fused-ring (bicyclic) bond motifs is 1. The first kappa shape index (κ1) is 15.3. The lowest BCUT2D eigenvalue weighted by molar-refractivity contribution is 0.0692. The van der Waals surface area contributed by atoms with Gasteiger partial charge in [0.15, 0.2) is 5.03 Å². The largest absolute Gasteiger partial charge is 0.478 e. The van der Waals surface area contributed by atoms with Gasteiger partial charge in [-0.25, -0.2) is 17.9 Å². The molecule has 23 heavy (non-hydrogen) atoms. The van der Waals surface area contributed by atoms with Crippen molar-refractivity contribution in [1.29, 1.82) is 0 Å². The van der Waals surface area contributed by atoms with Gasteiger partial charge >= 0.3 is 5.97 Å². The molecule has 9 heteroatoms. The first-order chi connectivity index (χ1) is 10.9. The van der Waals surface area contributed by atoms with Crippen LogP contribution in [0.1, 0.15) is 28.9 Å². The van der Waals surface area contributed by atoms with Gasteiger partial charge in [-0.3, -0.25) is 5.10 Å². The predicted molar refractivity (Wildman–Crippen MR) is 80.5 cm³/mol. The van der Waals surface area contributed by atoms with Crippen molar-refractivity contribution in [3.63, 3.8) is 0 Å². The van der Waals surface area contributed by atoms with Crippen LogP contribution in [0.15, 0.2) is 46.2 Å². The predicted octanol–water partition coefficient (Wildman–Crippen LogP) is 1.89. The van der Waals surface area contributed by atoms with E-state index < -0.39 is 32.6 Å². The normalized spacial score (nSPS) is 13.3. The summed E-state index contributed by atoms with van der Waals surface area (Å²) in [5.41, 5.74) is 0.878. The number of aromatic nitrogens is 2. The maximum absolute atomic E-state index is 12.4. The van der Waals surface area contributed by atoms with Crippen LogP contribution in [0.3, 0.4) is 0 Å². The number of aromatic amines is 1. The quantitative estimate of drug-likeness (QED) is 0.654. The number of hydrogen-bond acceptors (Lipinski definition) is 5. The van der Waals surface area contributed by atoms with Crippen molar-refractivity contribution in [2.45, 2.75) is 18.0 Å². The second-order valence-corrected chi connectivity index (χ2v) is 6.60. The fourth-order valence-corrected chi connectivity index (χ4v) is 3.63. The van der Waals surface area contributed by atoms with Gasteiger partial charge in [0.2, 0.25) is 0 Å². The molecule has 8 nitrogen and oxygen atoms in total. The molecule has 0 aliphatic heterocycles. The number of aromatic carboxylic acids is 1. The minimum atomic E-state index is -4.08. The Balaban J connectivity index is 1.94. The Morgan fingerprint density at radius 2 is 2.13 bits per heavy atom. The van der Waals surface area contributed by atoms with Crippen LogP contribution in [0.2, 0.25) is 0 Å². The van der Waals surface area contributed by atoms with Gasteiger partial charge in [-0.2, -0.15) is 5.10 Å². The van der Waals surface area contributed by atoms with Gasteiger partial charge in [0, 0.05) is 17.0 Å². The molecule has 3 rings (SSSR count). The molecule has 0 amide bonds. The first-order valence-electron chi connectivity index (χ1n) is 6.65. The Hall–Kier alpha value is -2.65. The number of rotatable bonds is 5. The highest BCUT2D eigenvalue weighted by molar-refractivity contribution is 7.89. The Morgan fingerprint density at radius 3 is 2.87 bits per heavy atom. The summed E-state index contributed by atoms with van der Waals surface area (Å²) in [6.45, 7) is 1.64. The van der Waals surface area contributed by atoms with Gasteiger partial charge < -0.3 is 9.52 Å². The van der Waals surface area contributed by atoms with Gasteiger partial charge in [0.25, 0.3) is 10.0 Å². The monoisotopic (exact) mass is 335 g/mol. The van der Waals surface area contributed by atoms with E-state index in [1.54, 1.807) is 13.0 Å². The summed E-state index contributed by atoms with van der Waals surface area (Å²) >= 11 is 0. The zero-order chi connectivity index (χ0) is 16.6. The Morgan fingerprint density at radius 1 is 1.39 bits per heavy atom. The molecular formula is C14H13N3O5S. The van der Waals surface area contributed by atoms with Gasteiger partial charge in [-0.1, -0.05) is 18.2 Å². The SMILES string of the molecule is CC(NS(=O)(=O)c1[nH]ncc1C(=O)O)c1coc2ccccc12. The molecule has 3 N–H and O–H groups in total. The molecule has 0 aliphatic carbocycles. The number of sulfonamides is 1. The molecule has 120 valence electrons. The third-order valence-electron chi connectivity index (χ3n) is 3.41. The Kier molecular flexibility index (Phi) is 3.66. The second-order valence-electron chi connectivity index (χ2n) is 4.95. The van der Waals surface area contributed by atoms with E-state index in [0.29, 0.717) is 11.1 Å². The minimum Gasteiger partial charge on any atom is -0.478 e. The minimum absolute atomic E-state index is 0.415. The van der Waals surface area contributed by atoms with Crippen molar-refractivity contribution in [2.75, 3.05) is 0 Å². The standard InChI is InChI=1S/C14H13N3O5S/c1-8(11-7-22-12-5-3-2-4-9(11)12)17-23(20,21)13-10(14(18)19)6-15-16-13/h2-8,17H,1H3,(H,15,16)(H,18,19). The summed E-state index contributed by atoms with van der Waals surface area (Å²) in [4.78, 5) is 11.1. The van der Waals surface area contributed by atoms with E-state index in [1.165, 1.54) is 6.26 Å². The number of carbonyl (C=O) groups is 1. The Labute approximate surface area is 131 Å². The summed E-state index contributed by atoms with van der Waals surface area (Å²) in [6.07, 6.45) is 2.43. The van der Waals surface area contributed by atoms with E-state index in [1.807, 2.05) is 18.2 Å². The summed E-state index contributed by atoms with van der Waals surface area (Å²) in [7, 11) is -4.08. The number of benzene rings is 1. The van der Waals surface area contributed by atoms with Crippen molar-refractivity contribution in [3.8, 4) is 0 Å². The number of hydrogen-bond donors (Lipinski definition) is 3. The molecule has 3 aromatic rings. The summed E-state index contributed by atoms with van der Waals surface area (Å²) < 4.78 is 32.6. The van der Waals surface area contributed by atoms with Gasteiger partial charge in [0.1, 0.15) is 11.1 Å². The molecule has 0 aliphatic rings. The topological polar surface area (TPSA) is 125 Å². The molecule has 2 aromatic heterocycles. The summed E-state index contributed by atoms with van der Waals surface area (Å²) in [5.74, 6) is -1.37. The maximum Gasteiger partial charge on any atom is 0.340 e. The number of H-pyrrole nitrogens is 1. The third kappa shape index (κ3) is 2.71. The molecule has 1 aromatic carbocycles. The summed E-state index contributed by atoms with van der Waals surface area (Å²) in [5, 5.41) is 15.0. The van der Waals surface area contributed by atoms with Crippen LogP contribution in [0.4, 0.5) is 0 Å². The molecule has 0 bridgehead atoms. The van der Waals surface area contributed by atoms with E-state index in [4.69, 9.17) is 9.52 Å². The first-order valence-corrected chi connectivity index (χ1v) is 8.13. The lowest BCUT2D eigenvalue weighted by Gasteiger charge is -2.12. The van der Waals surface area contributed by atoms with Crippen molar-refractivity contribution < 1.29 is 22.7 Å². The zero-order valence-electron chi connectivity index (χ0n) is 12.0. The Bertz CT molecular complexity index is 973. The van der Waals surface area contributed by atoms with E-state index in [2.05, 4.69) is 14.9 Å². The van der Waals surface area contributed by atoms with Crippen molar-refractivity contribution in [1.82, 2.24) is 14.9 Å². The van der Waals surface area contributed by atoms with Crippen LogP contribution in [-0.4, -0.2) is 29.7 Å². The van der Waals surface area contributed by atoms with E-state index in [9.17, 15) is 13.2 Å². The zero-order valence-corrected chi connectivity index (χ0v) is 12.8. The number of nitrogens with one attached hydrogen (secondary N) is 2. The number of carboxylic acid groups (broad SMARTS) is 1. The lowest BCUT2D eigenvalue weighted by Crippen LogP contribution is -2.28. The van der Waals surface area contributed by atoms with Crippen LogP contribution in [0.5, 0.6) is 0 Å². The third-order valence-corrected chi connectivity index (χ3v) is 4.93. The molecule has 0 fully saturated rings. The van der Waals surface area contributed by atoms with Crippen molar-refractivity contribution in [2.24, 2.45) is 0 Å². The highest BCUT2D eigenvalue weighted by Gasteiger charge is 2.27. The highest BCUT2D eigenvalue weighted by atomic mass is 32.2. The van der Waals surface area contributed by atoms with Crippen molar-refractivity contribution >= 4 is 27.0 Å². The average molecular weight is 335 g/mol. The fraction of sp³-hybridized carbons (Fsp3) is 0.143. The number of nitrogens with zero attached hydrogens (tertiary/aromatic N) is 1. The smallest absolute Gasteiger partial charge is 0.340 e. The molecule has 0 saturated carbocycles. The molecule has 1 unspecified atom stereocenters. The molecular weight excluding hydrogens is 322 g/mol. The number of para-hydroxylation sites is 1. The van der Waals surface area contributed by atoms with Crippen molar-refractivity contribution in [3.05, 3.63) is 47.9 Å². The number of furan rings is 1.